The third kappa shape index (κ3) is 4.84. The van der Waals surface area contributed by atoms with Crippen LogP contribution in [0.2, 0.25) is 13.3 Å². The van der Waals surface area contributed by atoms with E-state index in [0.29, 0.717) is 0 Å². The first kappa shape index (κ1) is 16.5. The predicted octanol–water partition coefficient (Wildman–Crippen LogP) is 5.00. The van der Waals surface area contributed by atoms with Gasteiger partial charge in [-0.1, -0.05) is 0 Å². The molecular weight excluding hydrogens is 345 g/mol. The fourth-order valence-corrected chi connectivity index (χ4v) is 21.6. The zero-order valence-electron chi connectivity index (χ0n) is 12.3. The van der Waals surface area contributed by atoms with E-state index < -0.39 is 18.4 Å². The summed E-state index contributed by atoms with van der Waals surface area (Å²) < 4.78 is 6.32. The van der Waals surface area contributed by atoms with Gasteiger partial charge in [0.1, 0.15) is 0 Å². The van der Waals surface area contributed by atoms with Gasteiger partial charge in [-0.25, -0.2) is 0 Å². The van der Waals surface area contributed by atoms with E-state index in [1.165, 1.54) is 38.5 Å². The molecule has 0 aliphatic rings. The fraction of sp³-hybridized carbons (Fsp3) is 0.800. The first-order valence-electron chi connectivity index (χ1n) is 7.61. The number of nitrogens with zero attached hydrogens (tertiary/aromatic N) is 1. The van der Waals surface area contributed by atoms with Crippen LogP contribution in [-0.2, 0) is 0 Å². The zero-order chi connectivity index (χ0) is 13.3. The van der Waals surface area contributed by atoms with Crippen molar-refractivity contribution in [2.45, 2.75) is 72.6 Å². The van der Waals surface area contributed by atoms with E-state index in [0.717, 1.165) is 0 Å². The molecule has 0 atom stereocenters. The van der Waals surface area contributed by atoms with Crippen LogP contribution in [0.25, 0.3) is 0 Å². The van der Waals surface area contributed by atoms with Crippen LogP contribution >= 0.6 is 11.3 Å². The van der Waals surface area contributed by atoms with Crippen LogP contribution in [0.15, 0.2) is 6.20 Å². The van der Waals surface area contributed by atoms with Gasteiger partial charge >= 0.3 is 122 Å². The molecule has 1 nitrogen and oxygen atoms in total. The number of thiazole rings is 1. The molecule has 0 unspecified atom stereocenters. The molecule has 0 spiro atoms. The van der Waals surface area contributed by atoms with Crippen LogP contribution in [0.3, 0.4) is 0 Å². The van der Waals surface area contributed by atoms with Gasteiger partial charge in [-0.2, -0.15) is 0 Å². The fourth-order valence-electron chi connectivity index (χ4n) is 2.72. The Bertz CT molecular complexity index is 276. The van der Waals surface area contributed by atoms with E-state index in [9.17, 15) is 0 Å². The molecule has 18 heavy (non-hydrogen) atoms. The third-order valence-electron chi connectivity index (χ3n) is 3.94. The van der Waals surface area contributed by atoms with Crippen LogP contribution in [-0.4, -0.2) is 23.4 Å². The van der Waals surface area contributed by atoms with Crippen molar-refractivity contribution >= 4 is 32.6 Å². The average Bonchev–Trinajstić information content (AvgIpc) is 2.93. The Morgan fingerprint density at radius 1 is 1.00 bits per heavy atom. The van der Waals surface area contributed by atoms with Crippen LogP contribution in [0.1, 0.15) is 59.3 Å². The number of aromatic nitrogens is 1. The first-order chi connectivity index (χ1) is 8.79. The Labute approximate surface area is 121 Å². The summed E-state index contributed by atoms with van der Waals surface area (Å²) in [6.45, 7) is 6.99. The number of hydrogen-bond donors (Lipinski definition) is 0. The topological polar surface area (TPSA) is 12.9 Å². The van der Waals surface area contributed by atoms with E-state index in [-0.39, 0.29) is 0 Å². The van der Waals surface area contributed by atoms with E-state index in [1.54, 1.807) is 16.2 Å². The Hall–Kier alpha value is 0.429. The SMILES string of the molecule is CCC[CH2][Sn]([CH2]CCC)([CH2]CCC)[c]1cn[c]s1. The summed E-state index contributed by atoms with van der Waals surface area (Å²) in [7, 11) is 0. The minimum atomic E-state index is -2.11. The van der Waals surface area contributed by atoms with Gasteiger partial charge in [0.05, 0.1) is 0 Å². The van der Waals surface area contributed by atoms with Crippen molar-refractivity contribution < 1.29 is 0 Å². The second-order valence-electron chi connectivity index (χ2n) is 5.41. The van der Waals surface area contributed by atoms with Crippen molar-refractivity contribution in [1.29, 1.82) is 0 Å². The van der Waals surface area contributed by atoms with E-state index >= 15 is 0 Å². The van der Waals surface area contributed by atoms with Crippen LogP contribution in [0, 0.1) is 5.51 Å². The predicted molar refractivity (Wildman–Crippen MR) is 85.5 cm³/mol. The molecule has 0 amide bonds. The molecule has 0 N–H and O–H groups in total. The normalized spacial score (nSPS) is 11.9. The average molecular weight is 373 g/mol. The van der Waals surface area contributed by atoms with Crippen LogP contribution < -0.4 is 2.89 Å². The van der Waals surface area contributed by atoms with E-state index in [1.807, 2.05) is 11.3 Å². The molecule has 0 bridgehead atoms. The summed E-state index contributed by atoms with van der Waals surface area (Å²) in [5.41, 5.74) is 3.11. The summed E-state index contributed by atoms with van der Waals surface area (Å²) in [5, 5.41) is 0. The van der Waals surface area contributed by atoms with Crippen molar-refractivity contribution in [2.24, 2.45) is 0 Å². The second-order valence-corrected chi connectivity index (χ2v) is 20.4. The molecule has 1 aromatic heterocycles. The standard InChI is InChI=1S/3C4H9.C3HNS.Sn/c3*1-3-4-2;1-2-5-3-4-1;/h3*1,3-4H2,2H3;1H;. The number of hydrogen-bond acceptors (Lipinski definition) is 2. The molecule has 0 aliphatic carbocycles. The molecule has 3 heteroatoms. The Morgan fingerprint density at radius 3 is 1.83 bits per heavy atom. The van der Waals surface area contributed by atoms with Crippen molar-refractivity contribution in [3.05, 3.63) is 11.7 Å². The Kier molecular flexibility index (Phi) is 8.56. The van der Waals surface area contributed by atoms with Gasteiger partial charge in [0.2, 0.25) is 0 Å². The molecular formula is C15H28NSSn. The van der Waals surface area contributed by atoms with E-state index in [4.69, 9.17) is 0 Å². The zero-order valence-corrected chi connectivity index (χ0v) is 16.0. The van der Waals surface area contributed by atoms with Crippen LogP contribution in [0.5, 0.6) is 0 Å². The maximum atomic E-state index is 4.26. The molecule has 1 rings (SSSR count). The molecule has 103 valence electrons. The maximum absolute atomic E-state index is 4.26. The van der Waals surface area contributed by atoms with Crippen molar-refractivity contribution in [3.63, 3.8) is 0 Å². The van der Waals surface area contributed by atoms with Crippen molar-refractivity contribution in [2.75, 3.05) is 0 Å². The molecule has 0 saturated heterocycles. The summed E-state index contributed by atoms with van der Waals surface area (Å²) >= 11 is -0.269. The van der Waals surface area contributed by atoms with Crippen molar-refractivity contribution in [3.8, 4) is 0 Å². The molecule has 1 heterocycles. The summed E-state index contributed by atoms with van der Waals surface area (Å²) in [4.78, 5) is 4.26. The summed E-state index contributed by atoms with van der Waals surface area (Å²) in [5.74, 6) is 0. The van der Waals surface area contributed by atoms with E-state index in [2.05, 4.69) is 37.5 Å². The molecule has 1 radical (unpaired) electrons. The summed E-state index contributed by atoms with van der Waals surface area (Å²) in [6, 6.07) is 0. The third-order valence-corrected chi connectivity index (χ3v) is 22.8. The van der Waals surface area contributed by atoms with Gasteiger partial charge in [-0.05, 0) is 0 Å². The quantitative estimate of drug-likeness (QED) is 0.526. The van der Waals surface area contributed by atoms with Gasteiger partial charge in [-0.3, -0.25) is 0 Å². The van der Waals surface area contributed by atoms with Gasteiger partial charge in [0, 0.05) is 0 Å². The molecule has 0 aliphatic heterocycles. The molecule has 0 saturated carbocycles. The first-order valence-corrected chi connectivity index (χ1v) is 15.9. The van der Waals surface area contributed by atoms with Gasteiger partial charge in [0.15, 0.2) is 0 Å². The van der Waals surface area contributed by atoms with Gasteiger partial charge in [0.25, 0.3) is 0 Å². The molecule has 0 fully saturated rings. The summed E-state index contributed by atoms with van der Waals surface area (Å²) in [6.07, 6.45) is 10.5. The monoisotopic (exact) mass is 374 g/mol. The number of rotatable bonds is 10. The minimum absolute atomic E-state index is 1.35. The van der Waals surface area contributed by atoms with Gasteiger partial charge in [-0.15, -0.1) is 0 Å². The Balaban J connectivity index is 2.84. The Morgan fingerprint density at radius 2 is 1.50 bits per heavy atom. The van der Waals surface area contributed by atoms with Crippen LogP contribution in [0.4, 0.5) is 0 Å². The second kappa shape index (κ2) is 9.35. The van der Waals surface area contributed by atoms with Crippen molar-refractivity contribution in [1.82, 2.24) is 4.98 Å². The number of unbranched alkanes of at least 4 members (excludes halogenated alkanes) is 3. The van der Waals surface area contributed by atoms with Gasteiger partial charge < -0.3 is 0 Å². The molecule has 1 aromatic rings. The molecule has 0 aromatic carbocycles.